The van der Waals surface area contributed by atoms with Gasteiger partial charge in [-0.25, -0.2) is 4.39 Å². The number of alkyl halides is 1. The minimum Gasteiger partial charge on any atom is -0.371 e. The van der Waals surface area contributed by atoms with Crippen molar-refractivity contribution in [1.29, 1.82) is 0 Å². The van der Waals surface area contributed by atoms with Crippen LogP contribution in [0.5, 0.6) is 0 Å². The summed E-state index contributed by atoms with van der Waals surface area (Å²) in [6.07, 6.45) is 19.6. The van der Waals surface area contributed by atoms with Gasteiger partial charge in [0.1, 0.15) is 13.5 Å². The molecule has 0 bridgehead atoms. The Kier molecular flexibility index (Phi) is 15.8. The summed E-state index contributed by atoms with van der Waals surface area (Å²) in [5.74, 6) is 1.52. The Bertz CT molecular complexity index is 578. The number of carbonyl (C=O) groups is 2. The van der Waals surface area contributed by atoms with Gasteiger partial charge in [0.25, 0.3) is 0 Å². The standard InChI is InChI=1S/C22H40O.C6H12FNO.CH2O/c1-5-12-21(13-6-2)17-20(18-21)9-8-16-23-22(7-3)14-10-19(4)11-15-22;1-5(9)8-6(2,3)4-7;1-2/h10,14,19-20H,5-9,11-13,15-18H2,1-4H3;4H2,1-3H3,(H,8,9);1H2/t19?,22-;;/m0../s1. The molecule has 200 valence electrons. The lowest BCUT2D eigenvalue weighted by Crippen LogP contribution is -2.43. The first-order chi connectivity index (χ1) is 16.0. The quantitative estimate of drug-likeness (QED) is 0.230. The molecule has 2 aliphatic carbocycles. The third-order valence-corrected chi connectivity index (χ3v) is 7.35. The van der Waals surface area contributed by atoms with Gasteiger partial charge in [0.15, 0.2) is 0 Å². The molecule has 0 aromatic heterocycles. The number of nitrogens with one attached hydrogen (secondary N) is 1. The van der Waals surface area contributed by atoms with Crippen LogP contribution >= 0.6 is 0 Å². The SMILES string of the molecule is C=O.CC(=O)NC(C)(C)CF.CCCC1(CCC)CC(CCCO[C@@]2(CC)C=CC(C)CC2)C1. The molecule has 2 atom stereocenters. The summed E-state index contributed by atoms with van der Waals surface area (Å²) in [6, 6.07) is 0. The Balaban J connectivity index is 0.000000836. The first kappa shape index (κ1) is 32.8. The predicted molar refractivity (Wildman–Crippen MR) is 142 cm³/mol. The molecule has 1 saturated carbocycles. The van der Waals surface area contributed by atoms with E-state index in [-0.39, 0.29) is 11.5 Å². The van der Waals surface area contributed by atoms with Gasteiger partial charge < -0.3 is 14.8 Å². The molecule has 0 radical (unpaired) electrons. The average molecular weight is 484 g/mol. The van der Waals surface area contributed by atoms with E-state index in [9.17, 15) is 9.18 Å². The number of amides is 1. The molecule has 5 heteroatoms. The van der Waals surface area contributed by atoms with Gasteiger partial charge in [-0.2, -0.15) is 0 Å². The Morgan fingerprint density at radius 3 is 2.15 bits per heavy atom. The van der Waals surface area contributed by atoms with Crippen molar-refractivity contribution in [3.63, 3.8) is 0 Å². The molecule has 0 aromatic rings. The van der Waals surface area contributed by atoms with Crippen molar-refractivity contribution in [3.8, 4) is 0 Å². The van der Waals surface area contributed by atoms with Gasteiger partial charge in [0, 0.05) is 13.5 Å². The molecule has 1 unspecified atom stereocenters. The first-order valence-electron chi connectivity index (χ1n) is 13.5. The molecular weight excluding hydrogens is 429 g/mol. The molecule has 0 heterocycles. The first-order valence-corrected chi connectivity index (χ1v) is 13.5. The molecule has 0 saturated heterocycles. The summed E-state index contributed by atoms with van der Waals surface area (Å²) in [5.41, 5.74) is 0.0774. The highest BCUT2D eigenvalue weighted by atomic mass is 19.1. The molecule has 1 fully saturated rings. The maximum absolute atomic E-state index is 11.9. The molecule has 0 aliphatic heterocycles. The van der Waals surface area contributed by atoms with Crippen molar-refractivity contribution >= 4 is 12.7 Å². The fraction of sp³-hybridized carbons (Fsp3) is 0.862. The number of carbonyl (C=O) groups excluding carboxylic acids is 2. The van der Waals surface area contributed by atoms with Gasteiger partial charge in [-0.3, -0.25) is 4.79 Å². The van der Waals surface area contributed by atoms with Crippen molar-refractivity contribution < 1.29 is 18.7 Å². The number of hydrogen-bond acceptors (Lipinski definition) is 3. The van der Waals surface area contributed by atoms with E-state index in [2.05, 4.69) is 45.2 Å². The van der Waals surface area contributed by atoms with Gasteiger partial charge in [-0.1, -0.05) is 52.7 Å². The number of halogens is 1. The zero-order valence-electron chi connectivity index (χ0n) is 23.3. The van der Waals surface area contributed by atoms with Gasteiger partial charge >= 0.3 is 0 Å². The van der Waals surface area contributed by atoms with Gasteiger partial charge in [0.2, 0.25) is 5.91 Å². The summed E-state index contributed by atoms with van der Waals surface area (Å²) in [4.78, 5) is 18.3. The summed E-state index contributed by atoms with van der Waals surface area (Å²) < 4.78 is 18.3. The summed E-state index contributed by atoms with van der Waals surface area (Å²) in [5, 5.41) is 2.45. The van der Waals surface area contributed by atoms with E-state index >= 15 is 0 Å². The average Bonchev–Trinajstić information content (AvgIpc) is 2.78. The summed E-state index contributed by atoms with van der Waals surface area (Å²) in [6.45, 7) is 16.3. The molecule has 0 aromatic carbocycles. The zero-order valence-corrected chi connectivity index (χ0v) is 23.3. The van der Waals surface area contributed by atoms with Crippen molar-refractivity contribution in [1.82, 2.24) is 5.32 Å². The highest BCUT2D eigenvalue weighted by Gasteiger charge is 2.41. The van der Waals surface area contributed by atoms with Crippen LogP contribution in [0, 0.1) is 17.3 Å². The Hall–Kier alpha value is -1.23. The van der Waals surface area contributed by atoms with Crippen LogP contribution in [-0.4, -0.2) is 37.1 Å². The van der Waals surface area contributed by atoms with Crippen molar-refractivity contribution in [2.45, 2.75) is 130 Å². The Morgan fingerprint density at radius 2 is 1.76 bits per heavy atom. The molecular formula is C29H54FNO3. The Morgan fingerprint density at radius 1 is 1.18 bits per heavy atom. The summed E-state index contributed by atoms with van der Waals surface area (Å²) >= 11 is 0. The molecule has 4 nitrogen and oxygen atoms in total. The lowest BCUT2D eigenvalue weighted by molar-refractivity contribution is -0.120. The molecule has 2 rings (SSSR count). The van der Waals surface area contributed by atoms with E-state index in [0.717, 1.165) is 30.3 Å². The number of ether oxygens (including phenoxy) is 1. The van der Waals surface area contributed by atoms with E-state index < -0.39 is 12.2 Å². The van der Waals surface area contributed by atoms with Crippen LogP contribution in [0.4, 0.5) is 4.39 Å². The molecule has 34 heavy (non-hydrogen) atoms. The maximum Gasteiger partial charge on any atom is 0.217 e. The fourth-order valence-electron chi connectivity index (χ4n) is 5.63. The predicted octanol–water partition coefficient (Wildman–Crippen LogP) is 7.60. The smallest absolute Gasteiger partial charge is 0.217 e. The van der Waals surface area contributed by atoms with Crippen LogP contribution in [0.3, 0.4) is 0 Å². The van der Waals surface area contributed by atoms with Crippen LogP contribution in [0.15, 0.2) is 12.2 Å². The van der Waals surface area contributed by atoms with Crippen LogP contribution in [0.1, 0.15) is 119 Å². The van der Waals surface area contributed by atoms with Crippen molar-refractivity contribution in [2.75, 3.05) is 13.3 Å². The monoisotopic (exact) mass is 483 g/mol. The highest BCUT2D eigenvalue weighted by molar-refractivity contribution is 5.73. The second-order valence-electron chi connectivity index (χ2n) is 11.3. The van der Waals surface area contributed by atoms with Gasteiger partial charge in [-0.05, 0) is 88.9 Å². The largest absolute Gasteiger partial charge is 0.371 e. The van der Waals surface area contributed by atoms with E-state index in [1.165, 1.54) is 71.1 Å². The van der Waals surface area contributed by atoms with Crippen LogP contribution in [-0.2, 0) is 14.3 Å². The van der Waals surface area contributed by atoms with Gasteiger partial charge in [-0.15, -0.1) is 0 Å². The number of allylic oxidation sites excluding steroid dienone is 1. The van der Waals surface area contributed by atoms with E-state index in [1.807, 2.05) is 6.79 Å². The topological polar surface area (TPSA) is 55.4 Å². The molecule has 1 amide bonds. The Labute approximate surface area is 209 Å². The molecule has 0 spiro atoms. The van der Waals surface area contributed by atoms with Crippen molar-refractivity contribution in [3.05, 3.63) is 12.2 Å². The lowest BCUT2D eigenvalue weighted by atomic mass is 9.57. The van der Waals surface area contributed by atoms with Crippen molar-refractivity contribution in [2.24, 2.45) is 17.3 Å². The minimum absolute atomic E-state index is 0.0559. The second kappa shape index (κ2) is 16.4. The molecule has 1 N–H and O–H groups in total. The molecule has 2 aliphatic rings. The van der Waals surface area contributed by atoms with Crippen LogP contribution < -0.4 is 5.32 Å². The van der Waals surface area contributed by atoms with Crippen LogP contribution in [0.25, 0.3) is 0 Å². The summed E-state index contributed by atoms with van der Waals surface area (Å²) in [7, 11) is 0. The van der Waals surface area contributed by atoms with E-state index in [4.69, 9.17) is 9.53 Å². The zero-order chi connectivity index (χ0) is 26.3. The maximum atomic E-state index is 11.9. The van der Waals surface area contributed by atoms with Gasteiger partial charge in [0.05, 0.1) is 11.1 Å². The lowest BCUT2D eigenvalue weighted by Gasteiger charge is -2.49. The van der Waals surface area contributed by atoms with E-state index in [0.29, 0.717) is 0 Å². The minimum atomic E-state index is -0.703. The van der Waals surface area contributed by atoms with Crippen LogP contribution in [0.2, 0.25) is 0 Å². The highest BCUT2D eigenvalue weighted by Crippen LogP contribution is 2.53. The number of rotatable bonds is 12. The third-order valence-electron chi connectivity index (χ3n) is 7.35. The fourth-order valence-corrected chi connectivity index (χ4v) is 5.63. The normalized spacial score (nSPS) is 23.6. The number of hydrogen-bond donors (Lipinski definition) is 1. The van der Waals surface area contributed by atoms with E-state index in [1.54, 1.807) is 13.8 Å². The third kappa shape index (κ3) is 12.0. The second-order valence-corrected chi connectivity index (χ2v) is 11.3.